The zero-order valence-corrected chi connectivity index (χ0v) is 29.4. The number of allylic oxidation sites excluding steroid dienone is 4. The van der Waals surface area contributed by atoms with Crippen molar-refractivity contribution >= 4 is 47.6 Å². The van der Waals surface area contributed by atoms with E-state index in [9.17, 15) is 14.4 Å². The molecular formula is C36H51Cl2N3O4. The molecule has 1 saturated carbocycles. The number of nitrogens with one attached hydrogen (secondary N) is 1. The maximum Gasteiger partial charge on any atom is 0.305 e. The number of hydrogen-bond acceptors (Lipinski definition) is 5. The molecule has 45 heavy (non-hydrogen) atoms. The predicted molar refractivity (Wildman–Crippen MR) is 186 cm³/mol. The van der Waals surface area contributed by atoms with Crippen LogP contribution in [-0.4, -0.2) is 59.7 Å². The van der Waals surface area contributed by atoms with Crippen molar-refractivity contribution in [2.45, 2.75) is 98.2 Å². The number of halogens is 2. The van der Waals surface area contributed by atoms with E-state index in [0.717, 1.165) is 44.8 Å². The van der Waals surface area contributed by atoms with Crippen molar-refractivity contribution in [2.75, 3.05) is 13.6 Å². The topological polar surface area (TPSA) is 99.1 Å². The second-order valence-electron chi connectivity index (χ2n) is 13.7. The van der Waals surface area contributed by atoms with Crippen LogP contribution in [0.15, 0.2) is 58.6 Å². The lowest BCUT2D eigenvalue weighted by atomic mass is 9.69. The van der Waals surface area contributed by atoms with E-state index < -0.39 is 11.6 Å². The number of likely N-dealkylation sites (N-methyl/N-ethyl adjacent to an activating group) is 1. The number of amides is 1. The average molecular weight is 661 g/mol. The molecule has 2 N–H and O–H groups in total. The summed E-state index contributed by atoms with van der Waals surface area (Å²) in [7, 11) is 2.21. The molecule has 7 nitrogen and oxygen atoms in total. The number of carboxylic acids is 1. The van der Waals surface area contributed by atoms with Crippen LogP contribution in [-0.2, 0) is 14.4 Å². The summed E-state index contributed by atoms with van der Waals surface area (Å²) in [5.41, 5.74) is 3.50. The number of aldehydes is 1. The van der Waals surface area contributed by atoms with Crippen LogP contribution < -0.4 is 5.32 Å². The number of nitrogens with zero attached hydrogens (tertiary/aromatic N) is 2. The van der Waals surface area contributed by atoms with Crippen molar-refractivity contribution in [3.05, 3.63) is 69.3 Å². The lowest BCUT2D eigenvalue weighted by molar-refractivity contribution is -0.136. The summed E-state index contributed by atoms with van der Waals surface area (Å²) in [6.07, 6.45) is 16.3. The number of aliphatic imine (C=N–C) groups is 1. The highest BCUT2D eigenvalue weighted by Gasteiger charge is 2.44. The average Bonchev–Trinajstić information content (AvgIpc) is 3.18. The van der Waals surface area contributed by atoms with E-state index in [-0.39, 0.29) is 24.4 Å². The Hall–Kier alpha value is -2.74. The highest BCUT2D eigenvalue weighted by atomic mass is 35.5. The number of aliphatic carboxylic acids is 1. The Kier molecular flexibility index (Phi) is 15.2. The van der Waals surface area contributed by atoms with Gasteiger partial charge in [-0.25, -0.2) is 0 Å². The third-order valence-electron chi connectivity index (χ3n) is 8.69. The molecule has 2 aliphatic carbocycles. The molecule has 248 valence electrons. The highest BCUT2D eigenvalue weighted by molar-refractivity contribution is 6.39. The van der Waals surface area contributed by atoms with E-state index >= 15 is 0 Å². The Bertz CT molecular complexity index is 1270. The summed E-state index contributed by atoms with van der Waals surface area (Å²) < 4.78 is 0. The number of benzene rings is 1. The Labute approximate surface area is 279 Å². The summed E-state index contributed by atoms with van der Waals surface area (Å²) in [4.78, 5) is 39.4. The molecule has 0 saturated heterocycles. The van der Waals surface area contributed by atoms with Gasteiger partial charge in [-0.1, -0.05) is 87.7 Å². The summed E-state index contributed by atoms with van der Waals surface area (Å²) in [6, 6.07) is 5.43. The van der Waals surface area contributed by atoms with Crippen molar-refractivity contribution < 1.29 is 19.5 Å². The van der Waals surface area contributed by atoms with Gasteiger partial charge in [0.15, 0.2) is 6.29 Å². The van der Waals surface area contributed by atoms with Crippen LogP contribution in [0.3, 0.4) is 0 Å². The van der Waals surface area contributed by atoms with Crippen LogP contribution in [0.25, 0.3) is 0 Å². The monoisotopic (exact) mass is 659 g/mol. The van der Waals surface area contributed by atoms with Crippen LogP contribution in [0, 0.1) is 17.3 Å². The van der Waals surface area contributed by atoms with Crippen LogP contribution >= 0.6 is 23.2 Å². The number of carbonyl (C=O) groups is 3. The van der Waals surface area contributed by atoms with E-state index in [4.69, 9.17) is 33.3 Å². The standard InChI is InChI=1S/C32H44Cl2N2O.C4H7NO3/c1-22(2)17-30(24-10-8-9-23(3)11-12-24)36(7)32(15-13-26(14-16-32)31(4,5)6)35-29(21-37)25-18-27(33)20-28(34)19-25;6-3-5-2-1-4(7)8/h8,10-12,18-22,26,30H,9,13-17H2,1-7H3;3H,1-2H2,(H,5,6)(H,7,8)/b35-29+;/t26?,30-,32?;/m1./s1. The van der Waals surface area contributed by atoms with Crippen molar-refractivity contribution in [2.24, 2.45) is 22.2 Å². The van der Waals surface area contributed by atoms with Gasteiger partial charge in [0.2, 0.25) is 6.41 Å². The first-order chi connectivity index (χ1) is 21.1. The SMILES string of the molecule is CC1=CC=C([C@@H](CC(C)C)N(C)C2(/N=C(\C=O)c3cc(Cl)cc(Cl)c3)CCC(C(C)(C)C)CC2)C=CC1.O=CNCCC(=O)O. The van der Waals surface area contributed by atoms with E-state index in [1.807, 2.05) is 0 Å². The fraction of sp³-hybridized carbons (Fsp3) is 0.556. The van der Waals surface area contributed by atoms with Crippen LogP contribution in [0.1, 0.15) is 92.1 Å². The van der Waals surface area contributed by atoms with Crippen LogP contribution in [0.5, 0.6) is 0 Å². The Balaban J connectivity index is 0.000000777. The maximum atomic E-state index is 12.5. The van der Waals surface area contributed by atoms with Gasteiger partial charge in [0.25, 0.3) is 0 Å². The normalized spacial score (nSPS) is 21.2. The summed E-state index contributed by atoms with van der Waals surface area (Å²) >= 11 is 12.6. The van der Waals surface area contributed by atoms with Gasteiger partial charge < -0.3 is 10.4 Å². The summed E-state index contributed by atoms with van der Waals surface area (Å²) in [5.74, 6) is 0.231. The Morgan fingerprint density at radius 3 is 2.27 bits per heavy atom. The molecular weight excluding hydrogens is 609 g/mol. The smallest absolute Gasteiger partial charge is 0.305 e. The summed E-state index contributed by atoms with van der Waals surface area (Å²) in [5, 5.41) is 11.2. The molecule has 1 aromatic carbocycles. The van der Waals surface area contributed by atoms with E-state index in [0.29, 0.717) is 39.6 Å². The molecule has 0 unspecified atom stereocenters. The number of rotatable bonds is 12. The van der Waals surface area contributed by atoms with Gasteiger partial charge in [-0.15, -0.1) is 0 Å². The first kappa shape index (κ1) is 38.4. The molecule has 0 spiro atoms. The molecule has 9 heteroatoms. The minimum Gasteiger partial charge on any atom is -0.481 e. The van der Waals surface area contributed by atoms with E-state index in [1.165, 1.54) is 11.1 Å². The minimum atomic E-state index is -0.903. The maximum absolute atomic E-state index is 12.5. The molecule has 3 rings (SSSR count). The number of carboxylic acid groups (broad SMARTS) is 1. The van der Waals surface area contributed by atoms with Gasteiger partial charge in [0.05, 0.1) is 6.42 Å². The van der Waals surface area contributed by atoms with Crippen molar-refractivity contribution in [1.82, 2.24) is 10.2 Å². The lowest BCUT2D eigenvalue weighted by Crippen LogP contribution is -2.54. The fourth-order valence-electron chi connectivity index (χ4n) is 6.03. The minimum absolute atomic E-state index is 0.0151. The molecule has 1 aromatic rings. The van der Waals surface area contributed by atoms with Crippen molar-refractivity contribution in [3.8, 4) is 0 Å². The van der Waals surface area contributed by atoms with Gasteiger partial charge in [0, 0.05) is 28.2 Å². The first-order valence-electron chi connectivity index (χ1n) is 15.8. The third kappa shape index (κ3) is 12.2. The van der Waals surface area contributed by atoms with Gasteiger partial charge in [-0.05, 0) is 93.5 Å². The second-order valence-corrected chi connectivity index (χ2v) is 14.5. The van der Waals surface area contributed by atoms with Gasteiger partial charge in [-0.2, -0.15) is 0 Å². The van der Waals surface area contributed by atoms with Gasteiger partial charge in [0.1, 0.15) is 11.4 Å². The highest BCUT2D eigenvalue weighted by Crippen LogP contribution is 2.46. The first-order valence-corrected chi connectivity index (χ1v) is 16.5. The molecule has 1 atom stereocenters. The number of hydrogen-bond donors (Lipinski definition) is 2. The number of carbonyl (C=O) groups excluding carboxylic acids is 2. The molecule has 0 heterocycles. The molecule has 0 aliphatic heterocycles. The zero-order chi connectivity index (χ0) is 33.8. The Morgan fingerprint density at radius 1 is 1.13 bits per heavy atom. The molecule has 0 bridgehead atoms. The van der Waals surface area contributed by atoms with Crippen LogP contribution in [0.4, 0.5) is 0 Å². The van der Waals surface area contributed by atoms with Gasteiger partial charge in [-0.3, -0.25) is 24.3 Å². The van der Waals surface area contributed by atoms with Crippen LogP contribution in [0.2, 0.25) is 10.0 Å². The van der Waals surface area contributed by atoms with Gasteiger partial charge >= 0.3 is 5.97 Å². The zero-order valence-electron chi connectivity index (χ0n) is 27.9. The molecule has 0 aromatic heterocycles. The molecule has 2 aliphatic rings. The quantitative estimate of drug-likeness (QED) is 0.134. The molecule has 1 fully saturated rings. The van der Waals surface area contributed by atoms with E-state index in [2.05, 4.69) is 83.1 Å². The van der Waals surface area contributed by atoms with E-state index in [1.54, 1.807) is 18.2 Å². The van der Waals surface area contributed by atoms with Crippen molar-refractivity contribution in [1.29, 1.82) is 0 Å². The van der Waals surface area contributed by atoms with Crippen molar-refractivity contribution in [3.63, 3.8) is 0 Å². The fourth-order valence-corrected chi connectivity index (χ4v) is 6.56. The lowest BCUT2D eigenvalue weighted by Gasteiger charge is -2.49. The molecule has 1 amide bonds. The Morgan fingerprint density at radius 2 is 1.76 bits per heavy atom. The molecule has 0 radical (unpaired) electrons. The predicted octanol–water partition coefficient (Wildman–Crippen LogP) is 8.30. The third-order valence-corrected chi connectivity index (χ3v) is 9.13. The second kappa shape index (κ2) is 17.8. The largest absolute Gasteiger partial charge is 0.481 e. The summed E-state index contributed by atoms with van der Waals surface area (Å²) in [6.45, 7) is 13.9.